The van der Waals surface area contributed by atoms with Crippen molar-refractivity contribution in [2.24, 2.45) is 0 Å². The van der Waals surface area contributed by atoms with Gasteiger partial charge in [0.1, 0.15) is 5.52 Å². The van der Waals surface area contributed by atoms with Crippen LogP contribution in [0.4, 0.5) is 0 Å². The molecule has 3 aromatic heterocycles. The second-order valence-corrected chi connectivity index (χ2v) is 5.03. The van der Waals surface area contributed by atoms with Gasteiger partial charge in [0, 0.05) is 22.7 Å². The fraction of sp³-hybridized carbons (Fsp3) is 0.0909. The molecule has 3 aromatic rings. The van der Waals surface area contributed by atoms with Gasteiger partial charge in [0.15, 0.2) is 5.16 Å². The summed E-state index contributed by atoms with van der Waals surface area (Å²) in [6.07, 6.45) is 1.82. The van der Waals surface area contributed by atoms with Gasteiger partial charge in [0.2, 0.25) is 0 Å². The van der Waals surface area contributed by atoms with Gasteiger partial charge in [-0.3, -0.25) is 4.98 Å². The topological polar surface area (TPSA) is 71.6 Å². The van der Waals surface area contributed by atoms with Gasteiger partial charge in [-0.1, -0.05) is 17.8 Å². The minimum Gasteiger partial charge on any atom is -0.870 e. The maximum atomic E-state index is 4.48. The van der Waals surface area contributed by atoms with Gasteiger partial charge in [-0.15, -0.1) is 11.3 Å². The van der Waals surface area contributed by atoms with E-state index in [0.717, 1.165) is 27.6 Å². The third kappa shape index (κ3) is 3.57. The molecule has 0 unspecified atom stereocenters. The molecule has 0 aliphatic carbocycles. The minimum atomic E-state index is 0. The Kier molecular flexibility index (Phi) is 6.34. The number of hydrogen-bond acceptors (Lipinski definition) is 5. The van der Waals surface area contributed by atoms with Crippen LogP contribution in [0.1, 0.15) is 5.69 Å². The zero-order valence-electron chi connectivity index (χ0n) is 9.83. The van der Waals surface area contributed by atoms with Crippen LogP contribution >= 0.6 is 23.1 Å². The summed E-state index contributed by atoms with van der Waals surface area (Å²) in [5.74, 6) is 0.848. The van der Waals surface area contributed by atoms with E-state index in [9.17, 15) is 0 Å². The molecule has 4 nitrogen and oxygen atoms in total. The van der Waals surface area contributed by atoms with Crippen LogP contribution in [-0.4, -0.2) is 20.4 Å². The number of thioether (sulfide) groups is 1. The van der Waals surface area contributed by atoms with E-state index < -0.39 is 0 Å². The van der Waals surface area contributed by atoms with Gasteiger partial charge in [-0.05, 0) is 12.1 Å². The quantitative estimate of drug-likeness (QED) is 0.549. The average Bonchev–Trinajstić information content (AvgIpc) is 2.88. The molecule has 18 heavy (non-hydrogen) atoms. The summed E-state index contributed by atoms with van der Waals surface area (Å²) in [5.41, 5.74) is 3.24. The van der Waals surface area contributed by atoms with Crippen LogP contribution in [0.15, 0.2) is 40.3 Å². The monoisotopic (exact) mass is 287 g/mol. The third-order valence-corrected chi connectivity index (χ3v) is 3.83. The van der Waals surface area contributed by atoms with E-state index in [-0.39, 0.29) is 35.0 Å². The van der Waals surface area contributed by atoms with Crippen molar-refractivity contribution >= 4 is 34.1 Å². The van der Waals surface area contributed by atoms with Gasteiger partial charge >= 0.3 is 29.6 Å². The van der Waals surface area contributed by atoms with Crippen LogP contribution < -0.4 is 29.6 Å². The first-order valence-corrected chi connectivity index (χ1v) is 6.79. The fourth-order valence-corrected chi connectivity index (χ4v) is 2.91. The van der Waals surface area contributed by atoms with Crippen LogP contribution in [-0.2, 0) is 5.75 Å². The molecule has 0 aliphatic rings. The molecule has 0 radical (unpaired) electrons. The number of nitrogens with zero attached hydrogens (tertiary/aromatic N) is 2. The summed E-state index contributed by atoms with van der Waals surface area (Å²) >= 11 is 3.35. The molecule has 0 amide bonds. The molecule has 2 N–H and O–H groups in total. The van der Waals surface area contributed by atoms with Crippen molar-refractivity contribution < 1.29 is 35.0 Å². The smallest absolute Gasteiger partial charge is 0.870 e. The average molecular weight is 287 g/mol. The molecule has 0 saturated carbocycles. The van der Waals surface area contributed by atoms with E-state index in [1.807, 2.05) is 24.4 Å². The Bertz CT molecular complexity index is 568. The Morgan fingerprint density at radius 3 is 2.89 bits per heavy atom. The number of H-pyrrole nitrogens is 1. The standard InChI is InChI=1S/C11H9N3S2.Na.H2O/c1-2-4-12-8(3-1)5-16-11-13-9-6-15-7-10(9)14-11;;/h1-4,6-7H,5H2,(H,13,14);;1H2/q;+1;/p-1. The van der Waals surface area contributed by atoms with Gasteiger partial charge < -0.3 is 10.5 Å². The van der Waals surface area contributed by atoms with Crippen molar-refractivity contribution in [3.05, 3.63) is 40.8 Å². The van der Waals surface area contributed by atoms with Gasteiger partial charge in [0.05, 0.1) is 11.2 Å². The predicted molar refractivity (Wildman–Crippen MR) is 69.7 cm³/mol. The Balaban J connectivity index is 0.000000810. The molecule has 0 bridgehead atoms. The van der Waals surface area contributed by atoms with Crippen molar-refractivity contribution in [1.82, 2.24) is 15.0 Å². The number of imidazole rings is 1. The second-order valence-electron chi connectivity index (χ2n) is 3.32. The second kappa shape index (κ2) is 7.28. The number of aromatic nitrogens is 3. The maximum absolute atomic E-state index is 4.48. The predicted octanol–water partition coefficient (Wildman–Crippen LogP) is 0.139. The van der Waals surface area contributed by atoms with E-state index in [1.54, 1.807) is 23.1 Å². The van der Waals surface area contributed by atoms with Crippen molar-refractivity contribution in [2.45, 2.75) is 10.9 Å². The third-order valence-electron chi connectivity index (χ3n) is 2.19. The van der Waals surface area contributed by atoms with Crippen LogP contribution in [0.2, 0.25) is 0 Å². The molecule has 88 valence electrons. The first-order chi connectivity index (χ1) is 7.92. The molecule has 0 spiro atoms. The molecule has 0 fully saturated rings. The molecule has 7 heteroatoms. The van der Waals surface area contributed by atoms with Crippen molar-refractivity contribution in [1.29, 1.82) is 0 Å². The molecule has 3 heterocycles. The summed E-state index contributed by atoms with van der Waals surface area (Å²) < 4.78 is 0. The van der Waals surface area contributed by atoms with Crippen molar-refractivity contribution in [3.8, 4) is 0 Å². The number of thiophene rings is 1. The summed E-state index contributed by atoms with van der Waals surface area (Å²) in [4.78, 5) is 12.0. The van der Waals surface area contributed by atoms with Crippen LogP contribution in [0.25, 0.3) is 11.0 Å². The van der Waals surface area contributed by atoms with Crippen molar-refractivity contribution in [2.75, 3.05) is 0 Å². The molecule has 0 aromatic carbocycles. The number of aromatic amines is 1. The zero-order chi connectivity index (χ0) is 10.8. The number of nitrogens with one attached hydrogen (secondary N) is 1. The van der Waals surface area contributed by atoms with Crippen LogP contribution in [0.3, 0.4) is 0 Å². The molecule has 0 atom stereocenters. The Morgan fingerprint density at radius 1 is 1.28 bits per heavy atom. The normalized spacial score (nSPS) is 9.78. The molecule has 0 saturated heterocycles. The SMILES string of the molecule is [Na+].[OH-].c1ccc(CSc2nc3cscc3[nH]2)nc1. The number of rotatable bonds is 3. The zero-order valence-corrected chi connectivity index (χ0v) is 13.5. The summed E-state index contributed by atoms with van der Waals surface area (Å²) in [6, 6.07) is 5.96. The van der Waals surface area contributed by atoms with Crippen LogP contribution in [0.5, 0.6) is 0 Å². The van der Waals surface area contributed by atoms with E-state index in [2.05, 4.69) is 25.7 Å². The Hall–Kier alpha value is -0.370. The fourth-order valence-electron chi connectivity index (χ4n) is 1.42. The van der Waals surface area contributed by atoms with E-state index in [0.29, 0.717) is 0 Å². The van der Waals surface area contributed by atoms with Crippen LogP contribution in [0, 0.1) is 0 Å². The van der Waals surface area contributed by atoms with E-state index >= 15 is 0 Å². The van der Waals surface area contributed by atoms with Crippen molar-refractivity contribution in [3.63, 3.8) is 0 Å². The first kappa shape index (κ1) is 15.7. The maximum Gasteiger partial charge on any atom is 1.00 e. The molecular weight excluding hydrogens is 277 g/mol. The summed E-state index contributed by atoms with van der Waals surface area (Å²) in [7, 11) is 0. The largest absolute Gasteiger partial charge is 1.00 e. The number of fused-ring (bicyclic) bond motifs is 1. The Morgan fingerprint density at radius 2 is 2.17 bits per heavy atom. The first-order valence-electron chi connectivity index (χ1n) is 4.86. The summed E-state index contributed by atoms with van der Waals surface area (Å²) in [6.45, 7) is 0. The van der Waals surface area contributed by atoms with Gasteiger partial charge in [-0.2, -0.15) is 0 Å². The van der Waals surface area contributed by atoms with Gasteiger partial charge in [0.25, 0.3) is 0 Å². The Labute approximate surface area is 135 Å². The summed E-state index contributed by atoms with van der Waals surface area (Å²) in [5, 5.41) is 5.09. The van der Waals surface area contributed by atoms with Gasteiger partial charge in [-0.25, -0.2) is 4.98 Å². The van der Waals surface area contributed by atoms with E-state index in [1.165, 1.54) is 0 Å². The molecule has 3 rings (SSSR count). The van der Waals surface area contributed by atoms with E-state index in [4.69, 9.17) is 0 Å². The number of pyridine rings is 1. The number of hydrogen-bond donors (Lipinski definition) is 1. The minimum absolute atomic E-state index is 0. The molecule has 0 aliphatic heterocycles. The molecular formula is C11H10N3NaOS2.